The van der Waals surface area contributed by atoms with Crippen LogP contribution in [0.25, 0.3) is 10.9 Å². The lowest BCUT2D eigenvalue weighted by Crippen LogP contribution is -2.54. The molecule has 0 spiro atoms. The summed E-state index contributed by atoms with van der Waals surface area (Å²) < 4.78 is 16.1. The molecule has 2 aromatic carbocycles. The molecule has 5 rings (SSSR count). The lowest BCUT2D eigenvalue weighted by Gasteiger charge is -2.32. The number of nitrogens with one attached hydrogen (secondary N) is 2. The van der Waals surface area contributed by atoms with E-state index in [1.54, 1.807) is 19.2 Å². The van der Waals surface area contributed by atoms with Gasteiger partial charge in [-0.15, -0.1) is 0 Å². The van der Waals surface area contributed by atoms with Gasteiger partial charge in [-0.2, -0.15) is 0 Å². The quantitative estimate of drug-likeness (QED) is 0.460. The lowest BCUT2D eigenvalue weighted by molar-refractivity contribution is -0.126. The predicted octanol–water partition coefficient (Wildman–Crippen LogP) is 2.02. The van der Waals surface area contributed by atoms with Crippen molar-refractivity contribution in [2.45, 2.75) is 51.6 Å². The Morgan fingerprint density at radius 2 is 1.86 bits per heavy atom. The molecular weight excluding hydrogens is 567 g/mol. The molecule has 1 aromatic heterocycles. The molecule has 0 saturated carbocycles. The average Bonchev–Trinajstić information content (AvgIpc) is 3.50. The summed E-state index contributed by atoms with van der Waals surface area (Å²) in [5.74, 6) is -2.53. The first kappa shape index (κ1) is 30.8. The number of aromatic nitrogens is 2. The molecule has 1 saturated heterocycles. The number of benzene rings is 2. The molecule has 0 unspecified atom stereocenters. The fraction of sp³-hybridized carbons (Fsp3) is 0.438. The van der Waals surface area contributed by atoms with Crippen LogP contribution in [-0.2, 0) is 23.1 Å². The van der Waals surface area contributed by atoms with Gasteiger partial charge in [0.25, 0.3) is 17.4 Å². The molecule has 2 atom stereocenters. The van der Waals surface area contributed by atoms with E-state index >= 15 is 0 Å². The van der Waals surface area contributed by atoms with E-state index in [1.165, 1.54) is 45.0 Å². The Morgan fingerprint density at radius 1 is 1.07 bits per heavy atom. The highest BCUT2D eigenvalue weighted by Gasteiger charge is 2.37. The Labute approximate surface area is 254 Å². The molecule has 3 heterocycles. The summed E-state index contributed by atoms with van der Waals surface area (Å²) in [5.41, 5.74) is 1.03. The van der Waals surface area contributed by atoms with Crippen LogP contribution in [0.5, 0.6) is 0 Å². The van der Waals surface area contributed by atoms with Crippen molar-refractivity contribution in [2.24, 2.45) is 13.0 Å². The number of rotatable bonds is 2. The van der Waals surface area contributed by atoms with Crippen LogP contribution in [0.15, 0.2) is 47.5 Å². The lowest BCUT2D eigenvalue weighted by atomic mass is 10.0. The van der Waals surface area contributed by atoms with Crippen molar-refractivity contribution in [1.82, 2.24) is 30.0 Å². The van der Waals surface area contributed by atoms with Gasteiger partial charge in [-0.05, 0) is 67.5 Å². The van der Waals surface area contributed by atoms with Crippen LogP contribution in [-0.4, -0.2) is 81.2 Å². The predicted molar refractivity (Wildman–Crippen MR) is 161 cm³/mol. The Morgan fingerprint density at radius 3 is 2.64 bits per heavy atom. The van der Waals surface area contributed by atoms with Crippen LogP contribution in [0, 0.1) is 11.7 Å². The third kappa shape index (κ3) is 6.48. The molecule has 3 aromatic rings. The number of halogens is 1. The highest BCUT2D eigenvalue weighted by molar-refractivity contribution is 6.00. The number of amides is 4. The number of hydrogen-bond donors (Lipinski definition) is 2. The van der Waals surface area contributed by atoms with Crippen molar-refractivity contribution < 1.29 is 23.6 Å². The summed E-state index contributed by atoms with van der Waals surface area (Å²) in [6.07, 6.45) is 3.43. The van der Waals surface area contributed by atoms with Gasteiger partial charge in [0, 0.05) is 38.3 Å². The first-order chi connectivity index (χ1) is 21.0. The van der Waals surface area contributed by atoms with Gasteiger partial charge in [-0.25, -0.2) is 9.37 Å². The van der Waals surface area contributed by atoms with E-state index in [0.29, 0.717) is 49.7 Å². The summed E-state index contributed by atoms with van der Waals surface area (Å²) in [7, 11) is 1.59. The van der Waals surface area contributed by atoms with E-state index in [2.05, 4.69) is 15.6 Å². The fourth-order valence-electron chi connectivity index (χ4n) is 5.76. The highest BCUT2D eigenvalue weighted by Crippen LogP contribution is 2.24. The van der Waals surface area contributed by atoms with Crippen LogP contribution < -0.4 is 16.2 Å². The minimum Gasteiger partial charge on any atom is -0.355 e. The van der Waals surface area contributed by atoms with Crippen molar-refractivity contribution in [2.75, 3.05) is 26.2 Å². The Kier molecular flexibility index (Phi) is 9.07. The minimum atomic E-state index is -0.788. The number of aryl methyl sites for hydroxylation is 2. The van der Waals surface area contributed by atoms with Gasteiger partial charge in [0.2, 0.25) is 11.8 Å². The number of nitrogens with zero attached hydrogens (tertiary/aromatic N) is 4. The van der Waals surface area contributed by atoms with E-state index in [0.717, 1.165) is 5.56 Å². The van der Waals surface area contributed by atoms with E-state index in [-0.39, 0.29) is 41.6 Å². The molecule has 232 valence electrons. The molecule has 4 amide bonds. The van der Waals surface area contributed by atoms with E-state index < -0.39 is 35.6 Å². The maximum absolute atomic E-state index is 14.8. The van der Waals surface area contributed by atoms with Crippen LogP contribution >= 0.6 is 0 Å². The van der Waals surface area contributed by atoms with Crippen molar-refractivity contribution in [3.63, 3.8) is 0 Å². The van der Waals surface area contributed by atoms with Crippen LogP contribution in [0.2, 0.25) is 0 Å². The number of fused-ring (bicyclic) bond motifs is 4. The summed E-state index contributed by atoms with van der Waals surface area (Å²) in [5, 5.41) is 6.22. The Balaban J connectivity index is 1.46. The monoisotopic (exact) mass is 604 g/mol. The number of carbonyl (C=O) groups is 4. The molecule has 2 bridgehead atoms. The van der Waals surface area contributed by atoms with E-state index in [9.17, 15) is 28.4 Å². The second-order valence-corrected chi connectivity index (χ2v) is 11.9. The number of hydrogen-bond acceptors (Lipinski definition) is 6. The second kappa shape index (κ2) is 12.9. The average molecular weight is 605 g/mol. The van der Waals surface area contributed by atoms with Gasteiger partial charge >= 0.3 is 0 Å². The van der Waals surface area contributed by atoms with Crippen molar-refractivity contribution >= 4 is 34.5 Å². The number of carbonyl (C=O) groups excluding carboxylic acids is 4. The molecular formula is C32H37FN6O5. The van der Waals surface area contributed by atoms with Gasteiger partial charge < -0.3 is 25.0 Å². The van der Waals surface area contributed by atoms with Gasteiger partial charge in [0.15, 0.2) is 0 Å². The molecule has 11 nitrogen and oxygen atoms in total. The highest BCUT2D eigenvalue weighted by atomic mass is 19.1. The van der Waals surface area contributed by atoms with Crippen molar-refractivity contribution in [3.05, 3.63) is 75.6 Å². The molecule has 2 N–H and O–H groups in total. The molecule has 12 heteroatoms. The van der Waals surface area contributed by atoms with Gasteiger partial charge in [-0.1, -0.05) is 19.9 Å². The first-order valence-electron chi connectivity index (χ1n) is 14.9. The third-order valence-corrected chi connectivity index (χ3v) is 8.38. The standard InChI is InChI=1S/C32H37FN6O5/c1-19(2)26-16-38(30(42)21-9-10-22-25(15-21)35-18-37(3)31(22)43)17-28(40)34-12-4-6-20-8-11-24(33)23(14-20)32(44)39-13-5-7-27(39)29(41)36-26/h8-11,14-15,18-19,26-27H,4-7,12-13,16-17H2,1-3H3,(H,34,40)(H,36,41)/t26-,27-/m0/s1. The smallest absolute Gasteiger partial charge is 0.260 e. The molecule has 2 aliphatic heterocycles. The largest absolute Gasteiger partial charge is 0.355 e. The maximum Gasteiger partial charge on any atom is 0.260 e. The fourth-order valence-corrected chi connectivity index (χ4v) is 5.76. The Hall–Kier alpha value is -4.61. The maximum atomic E-state index is 14.8. The van der Waals surface area contributed by atoms with Crippen LogP contribution in [0.3, 0.4) is 0 Å². The zero-order chi connectivity index (χ0) is 31.5. The normalized spacial score (nSPS) is 20.3. The first-order valence-corrected chi connectivity index (χ1v) is 14.9. The van der Waals surface area contributed by atoms with Crippen molar-refractivity contribution in [3.8, 4) is 0 Å². The summed E-state index contributed by atoms with van der Waals surface area (Å²) >= 11 is 0. The van der Waals surface area contributed by atoms with Crippen LogP contribution in [0.1, 0.15) is 59.4 Å². The summed E-state index contributed by atoms with van der Waals surface area (Å²) in [6, 6.07) is 7.66. The van der Waals surface area contributed by atoms with Gasteiger partial charge in [0.1, 0.15) is 11.9 Å². The molecule has 0 radical (unpaired) electrons. The third-order valence-electron chi connectivity index (χ3n) is 8.38. The minimum absolute atomic E-state index is 0.0216. The molecule has 44 heavy (non-hydrogen) atoms. The molecule has 2 aliphatic rings. The topological polar surface area (TPSA) is 134 Å². The summed E-state index contributed by atoms with van der Waals surface area (Å²) in [6.45, 7) is 4.19. The summed E-state index contributed by atoms with van der Waals surface area (Å²) in [4.78, 5) is 73.6. The Bertz CT molecular complexity index is 1670. The zero-order valence-electron chi connectivity index (χ0n) is 25.1. The zero-order valence-corrected chi connectivity index (χ0v) is 25.1. The molecule has 0 aliphatic carbocycles. The second-order valence-electron chi connectivity index (χ2n) is 11.9. The van der Waals surface area contributed by atoms with Crippen molar-refractivity contribution in [1.29, 1.82) is 0 Å². The SMILES string of the molecule is CC(C)[C@@H]1CN(C(=O)c2ccc3c(=O)n(C)cnc3c2)CC(=O)NCCCc2ccc(F)c(c2)C(=O)N2CCC[C@H]2C(=O)N1. The van der Waals surface area contributed by atoms with Gasteiger partial charge in [0.05, 0.1) is 29.3 Å². The van der Waals surface area contributed by atoms with Crippen LogP contribution in [0.4, 0.5) is 4.39 Å². The van der Waals surface area contributed by atoms with E-state index in [1.807, 2.05) is 13.8 Å². The van der Waals surface area contributed by atoms with E-state index in [4.69, 9.17) is 0 Å². The molecule has 1 fully saturated rings. The van der Waals surface area contributed by atoms with Gasteiger partial charge in [-0.3, -0.25) is 24.0 Å².